The molecule has 0 aliphatic carbocycles. The van der Waals surface area contributed by atoms with Crippen LogP contribution in [-0.2, 0) is 11.3 Å². The molecule has 9 heteroatoms. The fraction of sp³-hybridized carbons (Fsp3) is 0.467. The van der Waals surface area contributed by atoms with Gasteiger partial charge in [0.1, 0.15) is 5.82 Å². The molecule has 0 saturated carbocycles. The Hall–Kier alpha value is -2.19. The van der Waals surface area contributed by atoms with Gasteiger partial charge in [0.05, 0.1) is 30.3 Å². The lowest BCUT2D eigenvalue weighted by atomic mass is 10.2. The van der Waals surface area contributed by atoms with E-state index in [9.17, 15) is 4.79 Å². The molecule has 3 rings (SSSR count). The van der Waals surface area contributed by atoms with E-state index >= 15 is 0 Å². The Labute approximate surface area is 144 Å². The van der Waals surface area contributed by atoms with E-state index in [4.69, 9.17) is 20.9 Å². The largest absolute Gasteiger partial charge is 0.378 e. The quantitative estimate of drug-likeness (QED) is 0.825. The number of carbonyl (C=O) groups is 1. The third kappa shape index (κ3) is 3.65. The molecule has 1 aliphatic rings. The van der Waals surface area contributed by atoms with Crippen LogP contribution in [0.5, 0.6) is 0 Å². The van der Waals surface area contributed by atoms with E-state index in [1.54, 1.807) is 22.8 Å². The van der Waals surface area contributed by atoms with Crippen molar-refractivity contribution in [2.24, 2.45) is 0 Å². The highest BCUT2D eigenvalue weighted by molar-refractivity contribution is 6.33. The molecule has 1 fully saturated rings. The standard InChI is InChI=1S/C15H18ClN5O3/c1-10-18-13(19-24-10)9-20(2)14-12(16)7-11(8-17-14)15(22)21-3-5-23-6-4-21/h7-8H,3-6,9H2,1-2H3. The summed E-state index contributed by atoms with van der Waals surface area (Å²) in [5.41, 5.74) is 0.467. The monoisotopic (exact) mass is 351 g/mol. The second kappa shape index (κ2) is 7.14. The first-order valence-corrected chi connectivity index (χ1v) is 7.95. The molecule has 1 amide bonds. The number of hydrogen-bond acceptors (Lipinski definition) is 7. The number of ether oxygens (including phenoxy) is 1. The Bertz CT molecular complexity index is 730. The van der Waals surface area contributed by atoms with Gasteiger partial charge in [-0.15, -0.1) is 0 Å². The molecule has 0 unspecified atom stereocenters. The summed E-state index contributed by atoms with van der Waals surface area (Å²) in [4.78, 5) is 24.5. The Morgan fingerprint density at radius 3 is 2.79 bits per heavy atom. The zero-order valence-corrected chi connectivity index (χ0v) is 14.3. The Morgan fingerprint density at radius 2 is 2.17 bits per heavy atom. The minimum atomic E-state index is -0.0873. The third-order valence-corrected chi connectivity index (χ3v) is 3.95. The van der Waals surface area contributed by atoms with E-state index in [1.165, 1.54) is 6.20 Å². The normalized spacial score (nSPS) is 14.7. The van der Waals surface area contributed by atoms with Crippen molar-refractivity contribution in [1.82, 2.24) is 20.0 Å². The average molecular weight is 352 g/mol. The summed E-state index contributed by atoms with van der Waals surface area (Å²) in [6.07, 6.45) is 1.54. The number of rotatable bonds is 4. The molecular weight excluding hydrogens is 334 g/mol. The van der Waals surface area contributed by atoms with Crippen molar-refractivity contribution in [3.63, 3.8) is 0 Å². The summed E-state index contributed by atoms with van der Waals surface area (Å²) in [6, 6.07) is 1.64. The lowest BCUT2D eigenvalue weighted by Gasteiger charge is -2.27. The minimum absolute atomic E-state index is 0.0873. The van der Waals surface area contributed by atoms with Crippen molar-refractivity contribution in [2.45, 2.75) is 13.5 Å². The summed E-state index contributed by atoms with van der Waals surface area (Å²) in [5, 5.41) is 4.25. The van der Waals surface area contributed by atoms with Gasteiger partial charge in [0.25, 0.3) is 5.91 Å². The van der Waals surface area contributed by atoms with Crippen LogP contribution in [0.1, 0.15) is 22.1 Å². The molecule has 1 aliphatic heterocycles. The number of anilines is 1. The average Bonchev–Trinajstić information content (AvgIpc) is 2.99. The van der Waals surface area contributed by atoms with Crippen LogP contribution in [0.3, 0.4) is 0 Å². The molecule has 128 valence electrons. The van der Waals surface area contributed by atoms with E-state index < -0.39 is 0 Å². The lowest BCUT2D eigenvalue weighted by molar-refractivity contribution is 0.0302. The Kier molecular flexibility index (Phi) is 4.96. The van der Waals surface area contributed by atoms with Gasteiger partial charge in [-0.2, -0.15) is 4.98 Å². The van der Waals surface area contributed by atoms with Crippen molar-refractivity contribution in [1.29, 1.82) is 0 Å². The zero-order valence-electron chi connectivity index (χ0n) is 13.5. The van der Waals surface area contributed by atoms with Crippen molar-refractivity contribution in [3.05, 3.63) is 34.6 Å². The summed E-state index contributed by atoms with van der Waals surface area (Å²) in [7, 11) is 1.82. The third-order valence-electron chi connectivity index (χ3n) is 3.68. The Morgan fingerprint density at radius 1 is 1.42 bits per heavy atom. The summed E-state index contributed by atoms with van der Waals surface area (Å²) >= 11 is 6.31. The highest BCUT2D eigenvalue weighted by Crippen LogP contribution is 2.24. The van der Waals surface area contributed by atoms with Crippen LogP contribution in [0.4, 0.5) is 5.82 Å². The van der Waals surface area contributed by atoms with Crippen molar-refractivity contribution >= 4 is 23.3 Å². The number of amides is 1. The van der Waals surface area contributed by atoms with Gasteiger partial charge < -0.3 is 19.1 Å². The fourth-order valence-corrected chi connectivity index (χ4v) is 2.78. The van der Waals surface area contributed by atoms with Crippen LogP contribution in [0.25, 0.3) is 0 Å². The zero-order chi connectivity index (χ0) is 17.1. The molecule has 0 radical (unpaired) electrons. The van der Waals surface area contributed by atoms with Crippen LogP contribution in [0.2, 0.25) is 5.02 Å². The number of nitrogens with zero attached hydrogens (tertiary/aromatic N) is 5. The number of pyridine rings is 1. The SMILES string of the molecule is Cc1nc(CN(C)c2ncc(C(=O)N3CCOCC3)cc2Cl)no1. The lowest BCUT2D eigenvalue weighted by Crippen LogP contribution is -2.40. The van der Waals surface area contributed by atoms with Gasteiger partial charge in [-0.05, 0) is 6.07 Å². The molecule has 0 atom stereocenters. The summed E-state index contributed by atoms with van der Waals surface area (Å²) in [5.74, 6) is 1.51. The first-order chi connectivity index (χ1) is 11.5. The molecular formula is C15H18ClN5O3. The number of morpholine rings is 1. The molecule has 0 N–H and O–H groups in total. The minimum Gasteiger partial charge on any atom is -0.378 e. The van der Waals surface area contributed by atoms with E-state index in [0.717, 1.165) is 0 Å². The maximum atomic E-state index is 12.5. The second-order valence-electron chi connectivity index (χ2n) is 5.52. The molecule has 8 nitrogen and oxygen atoms in total. The summed E-state index contributed by atoms with van der Waals surface area (Å²) in [6.45, 7) is 4.40. The number of carbonyl (C=O) groups excluding carboxylic acids is 1. The molecule has 24 heavy (non-hydrogen) atoms. The van der Waals surface area contributed by atoms with Gasteiger partial charge >= 0.3 is 0 Å². The van der Waals surface area contributed by atoms with Crippen LogP contribution < -0.4 is 4.90 Å². The van der Waals surface area contributed by atoms with Crippen LogP contribution in [-0.4, -0.2) is 59.3 Å². The maximum Gasteiger partial charge on any atom is 0.255 e. The van der Waals surface area contributed by atoms with Gasteiger partial charge in [-0.1, -0.05) is 16.8 Å². The first kappa shape index (κ1) is 16.7. The van der Waals surface area contributed by atoms with Crippen LogP contribution >= 0.6 is 11.6 Å². The number of aromatic nitrogens is 3. The Balaban J connectivity index is 1.72. The second-order valence-corrected chi connectivity index (χ2v) is 5.93. The topological polar surface area (TPSA) is 84.6 Å². The molecule has 0 aromatic carbocycles. The van der Waals surface area contributed by atoms with Gasteiger partial charge in [0.2, 0.25) is 5.89 Å². The predicted molar refractivity (Wildman–Crippen MR) is 87.1 cm³/mol. The molecule has 0 spiro atoms. The van der Waals surface area contributed by atoms with Crippen LogP contribution in [0.15, 0.2) is 16.8 Å². The van der Waals surface area contributed by atoms with Crippen molar-refractivity contribution < 1.29 is 14.1 Å². The fourth-order valence-electron chi connectivity index (χ4n) is 2.47. The summed E-state index contributed by atoms with van der Waals surface area (Å²) < 4.78 is 10.2. The van der Waals surface area contributed by atoms with Gasteiger partial charge in [-0.3, -0.25) is 4.79 Å². The van der Waals surface area contributed by atoms with Crippen molar-refractivity contribution in [2.75, 3.05) is 38.3 Å². The molecule has 2 aromatic heterocycles. The molecule has 2 aromatic rings. The highest BCUT2D eigenvalue weighted by atomic mass is 35.5. The first-order valence-electron chi connectivity index (χ1n) is 7.57. The van der Waals surface area contributed by atoms with Crippen molar-refractivity contribution in [3.8, 4) is 0 Å². The van der Waals surface area contributed by atoms with Gasteiger partial charge in [0, 0.05) is 33.3 Å². The van der Waals surface area contributed by atoms with E-state index in [1.807, 2.05) is 7.05 Å². The van der Waals surface area contributed by atoms with E-state index in [0.29, 0.717) is 61.0 Å². The van der Waals surface area contributed by atoms with Gasteiger partial charge in [0.15, 0.2) is 5.82 Å². The van der Waals surface area contributed by atoms with E-state index in [-0.39, 0.29) is 5.91 Å². The molecule has 0 bridgehead atoms. The number of hydrogen-bond donors (Lipinski definition) is 0. The van der Waals surface area contributed by atoms with E-state index in [2.05, 4.69) is 15.1 Å². The van der Waals surface area contributed by atoms with Gasteiger partial charge in [-0.25, -0.2) is 4.98 Å². The number of halogens is 1. The molecule has 3 heterocycles. The number of aryl methyl sites for hydroxylation is 1. The molecule has 1 saturated heterocycles. The highest BCUT2D eigenvalue weighted by Gasteiger charge is 2.20. The van der Waals surface area contributed by atoms with Crippen LogP contribution in [0, 0.1) is 6.92 Å². The predicted octanol–water partition coefficient (Wildman–Crippen LogP) is 1.54. The smallest absolute Gasteiger partial charge is 0.255 e. The maximum absolute atomic E-state index is 12.5.